The van der Waals surface area contributed by atoms with Crippen molar-refractivity contribution in [3.05, 3.63) is 30.6 Å². The molecule has 3 rings (SSSR count). The Balaban J connectivity index is 2.08. The summed E-state index contributed by atoms with van der Waals surface area (Å²) in [6, 6.07) is 0. The second-order valence-corrected chi connectivity index (χ2v) is 5.29. The number of nitrogens with zero attached hydrogens (tertiary/aromatic N) is 1. The van der Waals surface area contributed by atoms with Gasteiger partial charge in [0.2, 0.25) is 0 Å². The second kappa shape index (κ2) is 3.87. The van der Waals surface area contributed by atoms with Crippen molar-refractivity contribution in [2.75, 3.05) is 6.61 Å². The van der Waals surface area contributed by atoms with Gasteiger partial charge in [-0.05, 0) is 22.6 Å². The molecule has 4 atom stereocenters. The zero-order valence-corrected chi connectivity index (χ0v) is 11.0. The Bertz CT molecular complexity index is 612. The minimum atomic E-state index is -1.99. The third kappa shape index (κ3) is 1.58. The number of fused-ring (bicyclic) bond motifs is 1. The van der Waals surface area contributed by atoms with E-state index in [0.717, 1.165) is 4.57 Å². The van der Waals surface area contributed by atoms with E-state index in [2.05, 4.69) is 4.98 Å². The van der Waals surface area contributed by atoms with Crippen molar-refractivity contribution in [2.24, 2.45) is 0 Å². The fourth-order valence-corrected chi connectivity index (χ4v) is 2.50. The van der Waals surface area contributed by atoms with Gasteiger partial charge in [-0.15, -0.1) is 0 Å². The highest BCUT2D eigenvalue weighted by atomic mass is 127. The van der Waals surface area contributed by atoms with E-state index in [9.17, 15) is 14.7 Å². The van der Waals surface area contributed by atoms with Crippen molar-refractivity contribution in [3.8, 4) is 0 Å². The zero-order valence-electron chi connectivity index (χ0n) is 8.87. The largest absolute Gasteiger partial charge is 0.394 e. The molecule has 0 bridgehead atoms. The van der Waals surface area contributed by atoms with Gasteiger partial charge in [-0.25, -0.2) is 9.36 Å². The minimum Gasteiger partial charge on any atom is -0.394 e. The number of ether oxygens (including phenoxy) is 2. The Kier molecular flexibility index (Phi) is 2.64. The Morgan fingerprint density at radius 2 is 2.28 bits per heavy atom. The summed E-state index contributed by atoms with van der Waals surface area (Å²) >= 11 is 1.73. The first-order chi connectivity index (χ1) is 8.47. The third-order valence-electron chi connectivity index (χ3n) is 3.01. The van der Waals surface area contributed by atoms with E-state index in [1.807, 2.05) is 0 Å². The molecule has 1 unspecified atom stereocenters. The highest BCUT2D eigenvalue weighted by Gasteiger charge is 2.68. The second-order valence-electron chi connectivity index (χ2n) is 4.13. The van der Waals surface area contributed by atoms with E-state index in [-0.39, 0.29) is 10.2 Å². The predicted molar refractivity (Wildman–Crippen MR) is 64.9 cm³/mol. The molecule has 8 nitrogen and oxygen atoms in total. The molecule has 0 amide bonds. The molecule has 18 heavy (non-hydrogen) atoms. The monoisotopic (exact) mass is 368 g/mol. The van der Waals surface area contributed by atoms with Crippen LogP contribution in [-0.2, 0) is 15.4 Å². The molecule has 0 radical (unpaired) electrons. The van der Waals surface area contributed by atoms with Crippen molar-refractivity contribution >= 4 is 22.6 Å². The summed E-state index contributed by atoms with van der Waals surface area (Å²) in [7, 11) is 0. The van der Waals surface area contributed by atoms with Crippen LogP contribution in [0.4, 0.5) is 0 Å². The van der Waals surface area contributed by atoms with E-state index >= 15 is 0 Å². The van der Waals surface area contributed by atoms with Gasteiger partial charge in [-0.3, -0.25) is 9.78 Å². The Hall–Kier alpha value is -0.750. The van der Waals surface area contributed by atoms with Crippen LogP contribution in [-0.4, -0.2) is 44.7 Å². The first-order valence-corrected chi connectivity index (χ1v) is 6.23. The summed E-state index contributed by atoms with van der Waals surface area (Å²) in [4.78, 5) is 25.0. The molecule has 2 aliphatic rings. The Morgan fingerprint density at radius 3 is 2.89 bits per heavy atom. The molecule has 3 heterocycles. The average molecular weight is 368 g/mol. The molecular formula is C9H9IN2O6. The maximum absolute atomic E-state index is 11.7. The van der Waals surface area contributed by atoms with Gasteiger partial charge < -0.3 is 19.7 Å². The molecule has 1 aromatic heterocycles. The molecule has 0 saturated carbocycles. The molecule has 2 aliphatic heterocycles. The lowest BCUT2D eigenvalue weighted by Crippen LogP contribution is -2.48. The molecule has 2 saturated heterocycles. The van der Waals surface area contributed by atoms with Gasteiger partial charge in [0.05, 0.1) is 10.2 Å². The van der Waals surface area contributed by atoms with Crippen molar-refractivity contribution in [1.29, 1.82) is 0 Å². The number of rotatable bonds is 2. The van der Waals surface area contributed by atoms with Crippen molar-refractivity contribution in [1.82, 2.24) is 9.55 Å². The standard InChI is InChI=1S/C9H9IN2O6/c10-3-1-12(8(15)11-7(3)14)9(16)6-5(17-6)4(2-13)18-9/h1,4-6,13,16H,2H2,(H,11,14,15)/t4-,5-,6?,9-/m1/s1. The van der Waals surface area contributed by atoms with Crippen molar-refractivity contribution in [2.45, 2.75) is 24.2 Å². The number of aliphatic hydroxyl groups excluding tert-OH is 1. The first-order valence-electron chi connectivity index (χ1n) is 5.16. The minimum absolute atomic E-state index is 0.230. The average Bonchev–Trinajstić information content (AvgIpc) is 3.06. The number of H-pyrrole nitrogens is 1. The lowest BCUT2D eigenvalue weighted by molar-refractivity contribution is -0.292. The van der Waals surface area contributed by atoms with Gasteiger partial charge in [0.1, 0.15) is 12.2 Å². The molecule has 3 N–H and O–H groups in total. The smallest absolute Gasteiger partial charge is 0.332 e. The molecule has 9 heteroatoms. The number of epoxide rings is 1. The summed E-state index contributed by atoms with van der Waals surface area (Å²) in [5.41, 5.74) is -1.33. The van der Waals surface area contributed by atoms with Gasteiger partial charge in [0.25, 0.3) is 11.5 Å². The van der Waals surface area contributed by atoms with Gasteiger partial charge in [-0.1, -0.05) is 0 Å². The molecule has 0 spiro atoms. The summed E-state index contributed by atoms with van der Waals surface area (Å²) < 4.78 is 11.5. The third-order valence-corrected chi connectivity index (χ3v) is 3.78. The Morgan fingerprint density at radius 1 is 1.56 bits per heavy atom. The number of halogens is 1. The van der Waals surface area contributed by atoms with Crippen LogP contribution in [0.15, 0.2) is 15.8 Å². The number of hydrogen-bond donors (Lipinski definition) is 3. The maximum atomic E-state index is 11.7. The first kappa shape index (κ1) is 12.3. The molecule has 2 fully saturated rings. The lowest BCUT2D eigenvalue weighted by atomic mass is 10.2. The van der Waals surface area contributed by atoms with Crippen LogP contribution < -0.4 is 11.2 Å². The maximum Gasteiger partial charge on any atom is 0.332 e. The zero-order chi connectivity index (χ0) is 13.1. The van der Waals surface area contributed by atoms with Gasteiger partial charge in [0.15, 0.2) is 6.10 Å². The molecule has 98 valence electrons. The fourth-order valence-electron chi connectivity index (χ4n) is 2.09. The van der Waals surface area contributed by atoms with E-state index in [0.29, 0.717) is 0 Å². The molecule has 0 aromatic carbocycles. The number of aromatic amines is 1. The Labute approximate surface area is 113 Å². The van der Waals surface area contributed by atoms with E-state index in [1.54, 1.807) is 22.6 Å². The highest BCUT2D eigenvalue weighted by Crippen LogP contribution is 2.46. The van der Waals surface area contributed by atoms with Crippen LogP contribution in [0.25, 0.3) is 0 Å². The van der Waals surface area contributed by atoms with Gasteiger partial charge in [0, 0.05) is 6.20 Å². The van der Waals surface area contributed by atoms with Crippen molar-refractivity contribution < 1.29 is 19.7 Å². The number of nitrogens with one attached hydrogen (secondary N) is 1. The summed E-state index contributed by atoms with van der Waals surface area (Å²) in [5.74, 6) is -1.99. The van der Waals surface area contributed by atoms with Crippen LogP contribution in [0, 0.1) is 3.57 Å². The van der Waals surface area contributed by atoms with Gasteiger partial charge >= 0.3 is 5.69 Å². The van der Waals surface area contributed by atoms with E-state index < -0.39 is 35.5 Å². The summed E-state index contributed by atoms with van der Waals surface area (Å²) in [6.07, 6.45) is -0.637. The number of aliphatic hydroxyl groups is 2. The summed E-state index contributed by atoms with van der Waals surface area (Å²) in [6.45, 7) is -0.321. The fraction of sp³-hybridized carbons (Fsp3) is 0.556. The summed E-state index contributed by atoms with van der Waals surface area (Å²) in [5, 5.41) is 19.4. The van der Waals surface area contributed by atoms with Crippen molar-refractivity contribution in [3.63, 3.8) is 0 Å². The number of aromatic nitrogens is 2. The normalized spacial score (nSPS) is 37.6. The quantitative estimate of drug-likeness (QED) is 0.407. The van der Waals surface area contributed by atoms with E-state index in [4.69, 9.17) is 14.6 Å². The van der Waals surface area contributed by atoms with Crippen LogP contribution in [0.3, 0.4) is 0 Å². The SMILES string of the molecule is O=c1[nH]c(=O)n([C@]2(O)O[C@H](CO)[C@H]3OC32)cc1I. The lowest BCUT2D eigenvalue weighted by Gasteiger charge is -2.26. The van der Waals surface area contributed by atoms with Crippen LogP contribution in [0.2, 0.25) is 0 Å². The van der Waals surface area contributed by atoms with Gasteiger partial charge in [-0.2, -0.15) is 0 Å². The topological polar surface area (TPSA) is 117 Å². The number of hydrogen-bond acceptors (Lipinski definition) is 6. The van der Waals surface area contributed by atoms with Crippen LogP contribution >= 0.6 is 22.6 Å². The van der Waals surface area contributed by atoms with Crippen LogP contribution in [0.1, 0.15) is 0 Å². The van der Waals surface area contributed by atoms with E-state index in [1.165, 1.54) is 6.20 Å². The van der Waals surface area contributed by atoms with Crippen LogP contribution in [0.5, 0.6) is 0 Å². The molecular weight excluding hydrogens is 359 g/mol. The molecule has 1 aromatic rings. The molecule has 0 aliphatic carbocycles. The highest BCUT2D eigenvalue weighted by molar-refractivity contribution is 14.1. The predicted octanol–water partition coefficient (Wildman–Crippen LogP) is -2.10.